The molecule has 0 radical (unpaired) electrons. The molecule has 70 valence electrons. The highest BCUT2D eigenvalue weighted by molar-refractivity contribution is 5.88. The van der Waals surface area contributed by atoms with Gasteiger partial charge in [0, 0.05) is 25.0 Å². The third kappa shape index (κ3) is 1.91. The van der Waals surface area contributed by atoms with Gasteiger partial charge in [-0.1, -0.05) is 6.92 Å². The molecule has 3 nitrogen and oxygen atoms in total. The van der Waals surface area contributed by atoms with Crippen LogP contribution in [0.1, 0.15) is 32.9 Å². The van der Waals surface area contributed by atoms with Crippen molar-refractivity contribution in [3.63, 3.8) is 0 Å². The maximum Gasteiger partial charge on any atom is 0.144 e. The Balaban J connectivity index is 3.00. The van der Waals surface area contributed by atoms with Gasteiger partial charge in [0.05, 0.1) is 11.1 Å². The second-order valence-corrected chi connectivity index (χ2v) is 3.49. The molecule has 0 aliphatic heterocycles. The maximum absolute atomic E-state index is 11.6. The van der Waals surface area contributed by atoms with Crippen LogP contribution >= 0.6 is 0 Å². The van der Waals surface area contributed by atoms with Gasteiger partial charge in [-0.25, -0.2) is 0 Å². The lowest BCUT2D eigenvalue weighted by Gasteiger charge is -2.20. The van der Waals surface area contributed by atoms with Crippen molar-refractivity contribution < 1.29 is 4.79 Å². The van der Waals surface area contributed by atoms with E-state index >= 15 is 0 Å². The number of Topliss-reactive ketones (excluding diaryl/α,β-unsaturated/α-hetero) is 1. The van der Waals surface area contributed by atoms with Crippen LogP contribution in [-0.4, -0.2) is 15.8 Å². The fraction of sp³-hybridized carbons (Fsp3) is 0.500. The summed E-state index contributed by atoms with van der Waals surface area (Å²) < 4.78 is 0. The summed E-state index contributed by atoms with van der Waals surface area (Å²) in [7, 11) is 0. The second-order valence-electron chi connectivity index (χ2n) is 3.49. The van der Waals surface area contributed by atoms with Crippen molar-refractivity contribution in [2.24, 2.45) is 0 Å². The van der Waals surface area contributed by atoms with Crippen LogP contribution in [0.15, 0.2) is 18.6 Å². The largest absolute Gasteiger partial charge is 0.299 e. The number of hydrogen-bond donors (Lipinski definition) is 0. The second kappa shape index (κ2) is 3.64. The Hall–Kier alpha value is -1.25. The fourth-order valence-corrected chi connectivity index (χ4v) is 1.21. The summed E-state index contributed by atoms with van der Waals surface area (Å²) in [5.74, 6) is 0.188. The lowest BCUT2D eigenvalue weighted by Crippen LogP contribution is -2.29. The molecule has 0 amide bonds. The van der Waals surface area contributed by atoms with E-state index in [0.717, 1.165) is 5.69 Å². The van der Waals surface area contributed by atoms with E-state index in [1.54, 1.807) is 18.6 Å². The van der Waals surface area contributed by atoms with Crippen LogP contribution in [0.25, 0.3) is 0 Å². The van der Waals surface area contributed by atoms with Crippen molar-refractivity contribution in [3.8, 4) is 0 Å². The van der Waals surface area contributed by atoms with Gasteiger partial charge in [-0.3, -0.25) is 14.8 Å². The van der Waals surface area contributed by atoms with E-state index < -0.39 is 5.41 Å². The highest BCUT2D eigenvalue weighted by atomic mass is 16.1. The van der Waals surface area contributed by atoms with Gasteiger partial charge in [0.1, 0.15) is 5.78 Å². The predicted molar refractivity (Wildman–Crippen MR) is 50.4 cm³/mol. The molecule has 0 fully saturated rings. The normalized spacial score (nSPS) is 11.3. The van der Waals surface area contributed by atoms with Gasteiger partial charge >= 0.3 is 0 Å². The summed E-state index contributed by atoms with van der Waals surface area (Å²) in [6.45, 7) is 5.62. The van der Waals surface area contributed by atoms with Gasteiger partial charge in [-0.2, -0.15) is 0 Å². The third-order valence-electron chi connectivity index (χ3n) is 2.22. The Bertz CT molecular complexity index is 293. The number of hydrogen-bond acceptors (Lipinski definition) is 3. The van der Waals surface area contributed by atoms with Crippen LogP contribution in [0.3, 0.4) is 0 Å². The number of nitrogens with zero attached hydrogens (tertiary/aromatic N) is 2. The van der Waals surface area contributed by atoms with E-state index in [1.165, 1.54) is 0 Å². The molecule has 3 heteroatoms. The van der Waals surface area contributed by atoms with Crippen molar-refractivity contribution in [2.75, 3.05) is 0 Å². The highest BCUT2D eigenvalue weighted by Gasteiger charge is 2.29. The minimum Gasteiger partial charge on any atom is -0.299 e. The maximum atomic E-state index is 11.6. The first-order valence-corrected chi connectivity index (χ1v) is 4.38. The molecule has 1 rings (SSSR count). The average molecular weight is 178 g/mol. The summed E-state index contributed by atoms with van der Waals surface area (Å²) in [6, 6.07) is 0. The Labute approximate surface area is 78.2 Å². The predicted octanol–water partition coefficient (Wildman–Crippen LogP) is 1.73. The number of carbonyl (C=O) groups excluding carboxylic acids is 1. The SMILES string of the molecule is CCC(=O)C(C)(C)c1cnccn1. The molecule has 0 saturated carbocycles. The molecular weight excluding hydrogens is 164 g/mol. The van der Waals surface area contributed by atoms with E-state index in [-0.39, 0.29) is 5.78 Å². The number of aromatic nitrogens is 2. The van der Waals surface area contributed by atoms with Crippen LogP contribution < -0.4 is 0 Å². The highest BCUT2D eigenvalue weighted by Crippen LogP contribution is 2.22. The zero-order chi connectivity index (χ0) is 9.90. The van der Waals surface area contributed by atoms with Crippen LogP contribution in [0.2, 0.25) is 0 Å². The molecule has 1 aromatic heterocycles. The van der Waals surface area contributed by atoms with Crippen molar-refractivity contribution in [1.29, 1.82) is 0 Å². The lowest BCUT2D eigenvalue weighted by atomic mass is 9.83. The zero-order valence-corrected chi connectivity index (χ0v) is 8.24. The molecule has 0 aliphatic carbocycles. The van der Waals surface area contributed by atoms with Gasteiger partial charge in [0.15, 0.2) is 0 Å². The molecule has 0 saturated heterocycles. The Morgan fingerprint density at radius 3 is 2.62 bits per heavy atom. The number of rotatable bonds is 3. The molecular formula is C10H14N2O. The van der Waals surface area contributed by atoms with Gasteiger partial charge < -0.3 is 0 Å². The fourth-order valence-electron chi connectivity index (χ4n) is 1.21. The Morgan fingerprint density at radius 1 is 1.46 bits per heavy atom. The first-order valence-electron chi connectivity index (χ1n) is 4.38. The van der Waals surface area contributed by atoms with E-state index in [4.69, 9.17) is 0 Å². The van der Waals surface area contributed by atoms with E-state index in [2.05, 4.69) is 9.97 Å². The molecule has 0 bridgehead atoms. The number of carbonyl (C=O) groups is 1. The Morgan fingerprint density at radius 2 is 2.15 bits per heavy atom. The zero-order valence-electron chi connectivity index (χ0n) is 8.24. The summed E-state index contributed by atoms with van der Waals surface area (Å²) in [6.07, 6.45) is 5.40. The molecule has 0 aromatic carbocycles. The molecule has 0 atom stereocenters. The molecule has 13 heavy (non-hydrogen) atoms. The van der Waals surface area contributed by atoms with Gasteiger partial charge in [0.2, 0.25) is 0 Å². The van der Waals surface area contributed by atoms with E-state index in [9.17, 15) is 4.79 Å². The minimum absolute atomic E-state index is 0.188. The molecule has 0 unspecified atom stereocenters. The Kier molecular flexibility index (Phi) is 2.76. The van der Waals surface area contributed by atoms with Gasteiger partial charge in [-0.05, 0) is 13.8 Å². The first-order chi connectivity index (χ1) is 6.09. The van der Waals surface area contributed by atoms with Crippen molar-refractivity contribution in [1.82, 2.24) is 9.97 Å². The van der Waals surface area contributed by atoms with Gasteiger partial charge in [-0.15, -0.1) is 0 Å². The first kappa shape index (κ1) is 9.84. The standard InChI is InChI=1S/C10H14N2O/c1-4-9(13)10(2,3)8-7-11-5-6-12-8/h5-7H,4H2,1-3H3. The monoisotopic (exact) mass is 178 g/mol. The molecule has 0 aliphatic rings. The number of ketones is 1. The molecule has 0 spiro atoms. The topological polar surface area (TPSA) is 42.9 Å². The average Bonchev–Trinajstić information content (AvgIpc) is 2.18. The van der Waals surface area contributed by atoms with Crippen molar-refractivity contribution >= 4 is 5.78 Å². The summed E-state index contributed by atoms with van der Waals surface area (Å²) in [4.78, 5) is 19.7. The summed E-state index contributed by atoms with van der Waals surface area (Å²) in [5, 5.41) is 0. The van der Waals surface area contributed by atoms with Crippen molar-refractivity contribution in [3.05, 3.63) is 24.3 Å². The molecule has 1 heterocycles. The van der Waals surface area contributed by atoms with Crippen LogP contribution in [0, 0.1) is 0 Å². The summed E-state index contributed by atoms with van der Waals surface area (Å²) in [5.41, 5.74) is 0.227. The van der Waals surface area contributed by atoms with Crippen LogP contribution in [0.4, 0.5) is 0 Å². The smallest absolute Gasteiger partial charge is 0.144 e. The lowest BCUT2D eigenvalue weighted by molar-refractivity contribution is -0.123. The third-order valence-corrected chi connectivity index (χ3v) is 2.22. The summed E-state index contributed by atoms with van der Waals surface area (Å²) >= 11 is 0. The van der Waals surface area contributed by atoms with Crippen LogP contribution in [-0.2, 0) is 10.2 Å². The van der Waals surface area contributed by atoms with Crippen molar-refractivity contribution in [2.45, 2.75) is 32.6 Å². The minimum atomic E-state index is -0.511. The quantitative estimate of drug-likeness (QED) is 0.708. The molecule has 1 aromatic rings. The van der Waals surface area contributed by atoms with Crippen LogP contribution in [0.5, 0.6) is 0 Å². The molecule has 0 N–H and O–H groups in total. The van der Waals surface area contributed by atoms with Gasteiger partial charge in [0.25, 0.3) is 0 Å². The van der Waals surface area contributed by atoms with E-state index in [0.29, 0.717) is 6.42 Å². The van der Waals surface area contributed by atoms with E-state index in [1.807, 2.05) is 20.8 Å².